The third-order valence-corrected chi connectivity index (χ3v) is 2.60. The summed E-state index contributed by atoms with van der Waals surface area (Å²) in [6.45, 7) is 7.00. The number of nitrogens with two attached hydrogens (primary N) is 1. The number of nitrogen functional groups attached to an aromatic ring is 1. The molecule has 106 valence electrons. The second kappa shape index (κ2) is 6.43. The second-order valence-electron chi connectivity index (χ2n) is 5.11. The average Bonchev–Trinajstić information content (AvgIpc) is 2.28. The summed E-state index contributed by atoms with van der Waals surface area (Å²) in [6.07, 6.45) is 0. The summed E-state index contributed by atoms with van der Waals surface area (Å²) >= 11 is 0. The lowest BCUT2D eigenvalue weighted by molar-refractivity contribution is 0.0956. The highest BCUT2D eigenvalue weighted by Crippen LogP contribution is 2.23. The minimum absolute atomic E-state index is 0.113. The molecule has 0 heterocycles. The molecular formula is C14H23N3O2. The number of carbonyl (C=O) groups excluding carboxylic acids is 1. The molecular weight excluding hydrogens is 242 g/mol. The van der Waals surface area contributed by atoms with E-state index in [-0.39, 0.29) is 11.4 Å². The SMILES string of the molecule is CCNC(=O)c1ccc(N)cc1NC(C)(C)COC. The number of hydrogen-bond donors (Lipinski definition) is 3. The predicted molar refractivity (Wildman–Crippen MR) is 78.4 cm³/mol. The molecule has 0 fully saturated rings. The van der Waals surface area contributed by atoms with Crippen LogP contribution in [0.5, 0.6) is 0 Å². The molecule has 5 heteroatoms. The number of amides is 1. The van der Waals surface area contributed by atoms with Gasteiger partial charge >= 0.3 is 0 Å². The van der Waals surface area contributed by atoms with Crippen LogP contribution < -0.4 is 16.4 Å². The molecule has 0 radical (unpaired) electrons. The molecule has 4 N–H and O–H groups in total. The summed E-state index contributed by atoms with van der Waals surface area (Å²) in [5.74, 6) is -0.113. The Morgan fingerprint density at radius 3 is 2.68 bits per heavy atom. The van der Waals surface area contributed by atoms with Crippen molar-refractivity contribution in [2.24, 2.45) is 0 Å². The highest BCUT2D eigenvalue weighted by atomic mass is 16.5. The van der Waals surface area contributed by atoms with Crippen LogP contribution in [0.3, 0.4) is 0 Å². The van der Waals surface area contributed by atoms with Crippen LogP contribution >= 0.6 is 0 Å². The molecule has 0 saturated carbocycles. The molecule has 1 rings (SSSR count). The maximum absolute atomic E-state index is 12.0. The van der Waals surface area contributed by atoms with Gasteiger partial charge in [0.2, 0.25) is 0 Å². The van der Waals surface area contributed by atoms with Gasteiger partial charge in [0, 0.05) is 25.0 Å². The van der Waals surface area contributed by atoms with Gasteiger partial charge in [-0.05, 0) is 39.0 Å². The number of rotatable bonds is 6. The van der Waals surface area contributed by atoms with Crippen molar-refractivity contribution in [1.82, 2.24) is 5.32 Å². The number of carbonyl (C=O) groups is 1. The highest BCUT2D eigenvalue weighted by Gasteiger charge is 2.20. The standard InChI is InChI=1S/C14H23N3O2/c1-5-16-13(18)11-7-6-10(15)8-12(11)17-14(2,3)9-19-4/h6-8,17H,5,9,15H2,1-4H3,(H,16,18). The molecule has 0 saturated heterocycles. The Morgan fingerprint density at radius 2 is 2.11 bits per heavy atom. The second-order valence-corrected chi connectivity index (χ2v) is 5.11. The van der Waals surface area contributed by atoms with E-state index >= 15 is 0 Å². The molecule has 0 spiro atoms. The fourth-order valence-corrected chi connectivity index (χ4v) is 1.88. The molecule has 0 atom stereocenters. The zero-order valence-electron chi connectivity index (χ0n) is 12.0. The van der Waals surface area contributed by atoms with Gasteiger partial charge in [0.15, 0.2) is 0 Å². The first-order valence-corrected chi connectivity index (χ1v) is 6.34. The van der Waals surface area contributed by atoms with Gasteiger partial charge in [-0.2, -0.15) is 0 Å². The normalized spacial score (nSPS) is 11.2. The average molecular weight is 265 g/mol. The number of nitrogens with one attached hydrogen (secondary N) is 2. The van der Waals surface area contributed by atoms with Crippen LogP contribution in [0, 0.1) is 0 Å². The molecule has 0 aliphatic heterocycles. The smallest absolute Gasteiger partial charge is 0.253 e. The fourth-order valence-electron chi connectivity index (χ4n) is 1.88. The van der Waals surface area contributed by atoms with E-state index in [2.05, 4.69) is 10.6 Å². The van der Waals surface area contributed by atoms with Crippen molar-refractivity contribution < 1.29 is 9.53 Å². The largest absolute Gasteiger partial charge is 0.399 e. The monoisotopic (exact) mass is 265 g/mol. The molecule has 0 aliphatic rings. The van der Waals surface area contributed by atoms with Gasteiger partial charge in [-0.25, -0.2) is 0 Å². The van der Waals surface area contributed by atoms with E-state index in [1.165, 1.54) is 0 Å². The Balaban J connectivity index is 3.04. The summed E-state index contributed by atoms with van der Waals surface area (Å²) in [6, 6.07) is 5.21. The third-order valence-electron chi connectivity index (χ3n) is 2.60. The van der Waals surface area contributed by atoms with E-state index in [1.807, 2.05) is 20.8 Å². The summed E-state index contributed by atoms with van der Waals surface area (Å²) in [5, 5.41) is 6.09. The Morgan fingerprint density at radius 1 is 1.42 bits per heavy atom. The molecule has 5 nitrogen and oxygen atoms in total. The Bertz CT molecular complexity index is 444. The van der Waals surface area contributed by atoms with Crippen molar-refractivity contribution in [3.8, 4) is 0 Å². The number of anilines is 2. The van der Waals surface area contributed by atoms with Gasteiger partial charge in [0.05, 0.1) is 17.7 Å². The lowest BCUT2D eigenvalue weighted by Gasteiger charge is -2.28. The van der Waals surface area contributed by atoms with Gasteiger partial charge in [-0.1, -0.05) is 0 Å². The molecule has 0 aromatic heterocycles. The number of methoxy groups -OCH3 is 1. The van der Waals surface area contributed by atoms with Crippen LogP contribution in [-0.2, 0) is 4.74 Å². The topological polar surface area (TPSA) is 76.4 Å². The van der Waals surface area contributed by atoms with Gasteiger partial charge in [-0.15, -0.1) is 0 Å². The molecule has 1 aromatic carbocycles. The Hall–Kier alpha value is -1.75. The molecule has 1 aromatic rings. The maximum atomic E-state index is 12.0. The van der Waals surface area contributed by atoms with Crippen LogP contribution in [0.4, 0.5) is 11.4 Å². The van der Waals surface area contributed by atoms with E-state index in [0.29, 0.717) is 30.1 Å². The van der Waals surface area contributed by atoms with Crippen LogP contribution in [0.15, 0.2) is 18.2 Å². The van der Waals surface area contributed by atoms with E-state index in [0.717, 1.165) is 0 Å². The quantitative estimate of drug-likeness (QED) is 0.686. The number of benzene rings is 1. The molecule has 0 bridgehead atoms. The van der Waals surface area contributed by atoms with Crippen LogP contribution in [0.1, 0.15) is 31.1 Å². The Kier molecular flexibility index (Phi) is 5.18. The van der Waals surface area contributed by atoms with Crippen LogP contribution in [-0.4, -0.2) is 31.7 Å². The van der Waals surface area contributed by atoms with Crippen molar-refractivity contribution in [3.05, 3.63) is 23.8 Å². The maximum Gasteiger partial charge on any atom is 0.253 e. The molecule has 0 aliphatic carbocycles. The molecule has 0 unspecified atom stereocenters. The van der Waals surface area contributed by atoms with E-state index in [9.17, 15) is 4.79 Å². The van der Waals surface area contributed by atoms with E-state index < -0.39 is 0 Å². The summed E-state index contributed by atoms with van der Waals surface area (Å²) in [5.41, 5.74) is 7.42. The zero-order valence-corrected chi connectivity index (χ0v) is 12.0. The van der Waals surface area contributed by atoms with Gasteiger partial charge in [0.1, 0.15) is 0 Å². The van der Waals surface area contributed by atoms with Gasteiger partial charge in [0.25, 0.3) is 5.91 Å². The van der Waals surface area contributed by atoms with Gasteiger partial charge in [-0.3, -0.25) is 4.79 Å². The van der Waals surface area contributed by atoms with Crippen molar-refractivity contribution in [2.75, 3.05) is 31.3 Å². The highest BCUT2D eigenvalue weighted by molar-refractivity contribution is 6.00. The first kappa shape index (κ1) is 15.3. The zero-order chi connectivity index (χ0) is 14.5. The van der Waals surface area contributed by atoms with Crippen molar-refractivity contribution in [3.63, 3.8) is 0 Å². The van der Waals surface area contributed by atoms with Crippen molar-refractivity contribution in [1.29, 1.82) is 0 Å². The fraction of sp³-hybridized carbons (Fsp3) is 0.500. The summed E-state index contributed by atoms with van der Waals surface area (Å²) in [4.78, 5) is 12.0. The van der Waals surface area contributed by atoms with Crippen molar-refractivity contribution in [2.45, 2.75) is 26.3 Å². The van der Waals surface area contributed by atoms with E-state index in [1.54, 1.807) is 25.3 Å². The summed E-state index contributed by atoms with van der Waals surface area (Å²) < 4.78 is 5.16. The number of hydrogen-bond acceptors (Lipinski definition) is 4. The Labute approximate surface area is 114 Å². The third kappa shape index (κ3) is 4.44. The lowest BCUT2D eigenvalue weighted by atomic mass is 10.0. The molecule has 19 heavy (non-hydrogen) atoms. The predicted octanol–water partition coefficient (Wildman–Crippen LogP) is 1.86. The number of ether oxygens (including phenoxy) is 1. The minimum Gasteiger partial charge on any atom is -0.399 e. The first-order chi connectivity index (χ1) is 8.89. The summed E-state index contributed by atoms with van der Waals surface area (Å²) in [7, 11) is 1.65. The molecule has 1 amide bonds. The lowest BCUT2D eigenvalue weighted by Crippen LogP contribution is -2.37. The van der Waals surface area contributed by atoms with Crippen LogP contribution in [0.2, 0.25) is 0 Å². The van der Waals surface area contributed by atoms with Gasteiger partial charge < -0.3 is 21.1 Å². The van der Waals surface area contributed by atoms with Crippen LogP contribution in [0.25, 0.3) is 0 Å². The first-order valence-electron chi connectivity index (χ1n) is 6.34. The minimum atomic E-state index is -0.288. The van der Waals surface area contributed by atoms with Crippen molar-refractivity contribution >= 4 is 17.3 Å². The van der Waals surface area contributed by atoms with E-state index in [4.69, 9.17) is 10.5 Å².